The topological polar surface area (TPSA) is 61.8 Å². The smallest absolute Gasteiger partial charge is 0.306 e. The molecule has 0 unspecified atom stereocenters. The Bertz CT molecular complexity index is 943. The van der Waals surface area contributed by atoms with Crippen LogP contribution in [0.1, 0.15) is 303 Å². The average Bonchev–Trinajstić information content (AvgIpc) is 3.27. The fourth-order valence-corrected chi connectivity index (χ4v) is 8.31. The first-order valence-corrected chi connectivity index (χ1v) is 27.9. The zero-order chi connectivity index (χ0) is 44.9. The van der Waals surface area contributed by atoms with Gasteiger partial charge >= 0.3 is 11.9 Å². The fraction of sp³-hybridized carbons (Fsp3) is 0.895. The van der Waals surface area contributed by atoms with Gasteiger partial charge in [0.25, 0.3) is 0 Å². The minimum absolute atomic E-state index is 0.0910. The Balaban J connectivity index is 4.16. The predicted octanol–water partition coefficient (Wildman–Crippen LogP) is 18.8. The molecule has 5 nitrogen and oxygen atoms in total. The Morgan fingerprint density at radius 1 is 0.355 bits per heavy atom. The summed E-state index contributed by atoms with van der Waals surface area (Å²) >= 11 is 0. The molecule has 366 valence electrons. The van der Waals surface area contributed by atoms with Crippen molar-refractivity contribution in [3.8, 4) is 0 Å². The molecule has 0 fully saturated rings. The Labute approximate surface area is 387 Å². The van der Waals surface area contributed by atoms with E-state index in [1.165, 1.54) is 231 Å². The van der Waals surface area contributed by atoms with E-state index >= 15 is 0 Å². The summed E-state index contributed by atoms with van der Waals surface area (Å²) in [6, 6.07) is 0. The van der Waals surface area contributed by atoms with E-state index < -0.39 is 6.10 Å². The van der Waals surface area contributed by atoms with Crippen LogP contribution in [0.5, 0.6) is 0 Å². The van der Waals surface area contributed by atoms with Crippen LogP contribution in [-0.4, -0.2) is 37.9 Å². The molecule has 0 aliphatic carbocycles. The van der Waals surface area contributed by atoms with E-state index in [-0.39, 0.29) is 18.5 Å². The number of hydrogen-bond donors (Lipinski definition) is 0. The maximum Gasteiger partial charge on any atom is 0.306 e. The van der Waals surface area contributed by atoms with Crippen LogP contribution in [0.3, 0.4) is 0 Å². The van der Waals surface area contributed by atoms with Crippen LogP contribution in [0, 0.1) is 0 Å². The van der Waals surface area contributed by atoms with E-state index in [1.807, 2.05) is 0 Å². The van der Waals surface area contributed by atoms with E-state index in [9.17, 15) is 9.59 Å². The van der Waals surface area contributed by atoms with E-state index in [1.54, 1.807) is 0 Å². The van der Waals surface area contributed by atoms with Crippen molar-refractivity contribution in [1.29, 1.82) is 0 Å². The Morgan fingerprint density at radius 2 is 0.677 bits per heavy atom. The van der Waals surface area contributed by atoms with Crippen molar-refractivity contribution < 1.29 is 23.8 Å². The summed E-state index contributed by atoms with van der Waals surface area (Å²) in [5.41, 5.74) is 0. The van der Waals surface area contributed by atoms with Crippen molar-refractivity contribution in [3.63, 3.8) is 0 Å². The maximum atomic E-state index is 12.8. The lowest BCUT2D eigenvalue weighted by Crippen LogP contribution is -2.30. The third kappa shape index (κ3) is 51.0. The summed E-state index contributed by atoms with van der Waals surface area (Å²) in [5.74, 6) is -0.382. The fourth-order valence-electron chi connectivity index (χ4n) is 8.31. The van der Waals surface area contributed by atoms with Crippen molar-refractivity contribution in [3.05, 3.63) is 24.3 Å². The van der Waals surface area contributed by atoms with Crippen molar-refractivity contribution in [1.82, 2.24) is 0 Å². The van der Waals surface area contributed by atoms with E-state index in [0.29, 0.717) is 26.1 Å². The zero-order valence-electron chi connectivity index (χ0n) is 42.2. The van der Waals surface area contributed by atoms with Gasteiger partial charge in [-0.1, -0.05) is 263 Å². The summed E-state index contributed by atoms with van der Waals surface area (Å²) in [7, 11) is 0. The Morgan fingerprint density at radius 3 is 1.10 bits per heavy atom. The van der Waals surface area contributed by atoms with E-state index in [2.05, 4.69) is 45.1 Å². The standard InChI is InChI=1S/C57H108O5/c1-4-7-10-13-16-19-22-24-26-28-29-30-31-33-36-38-41-44-47-50-56(58)61-54-55(62-57(59)51-48-45-42-39-35-21-18-15-12-9-6-3)53-60-52-49-46-43-40-37-34-32-27-25-23-20-17-14-11-8-5-2/h16,19,24,26,55H,4-15,17-18,20-23,25,27-54H2,1-3H3/b19-16-,26-24-/t55-/m1/s1. The van der Waals surface area contributed by atoms with E-state index in [4.69, 9.17) is 14.2 Å². The summed E-state index contributed by atoms with van der Waals surface area (Å²) in [5, 5.41) is 0. The quantitative estimate of drug-likeness (QED) is 0.0346. The van der Waals surface area contributed by atoms with Crippen LogP contribution in [0.4, 0.5) is 0 Å². The lowest BCUT2D eigenvalue weighted by atomic mass is 10.0. The summed E-state index contributed by atoms with van der Waals surface area (Å²) in [4.78, 5) is 25.4. The summed E-state index contributed by atoms with van der Waals surface area (Å²) < 4.78 is 17.4. The average molecular weight is 873 g/mol. The molecule has 0 aliphatic rings. The van der Waals surface area contributed by atoms with Gasteiger partial charge in [-0.2, -0.15) is 0 Å². The lowest BCUT2D eigenvalue weighted by molar-refractivity contribution is -0.163. The molecule has 0 aliphatic heterocycles. The van der Waals surface area contributed by atoms with Gasteiger partial charge in [-0.3, -0.25) is 9.59 Å². The second kappa shape index (κ2) is 53.7. The lowest BCUT2D eigenvalue weighted by Gasteiger charge is -2.18. The van der Waals surface area contributed by atoms with Gasteiger partial charge in [0.1, 0.15) is 6.61 Å². The second-order valence-corrected chi connectivity index (χ2v) is 18.9. The van der Waals surface area contributed by atoms with Crippen LogP contribution in [-0.2, 0) is 23.8 Å². The van der Waals surface area contributed by atoms with E-state index in [0.717, 1.165) is 38.5 Å². The highest BCUT2D eigenvalue weighted by molar-refractivity contribution is 5.70. The van der Waals surface area contributed by atoms with Gasteiger partial charge in [-0.15, -0.1) is 0 Å². The van der Waals surface area contributed by atoms with Gasteiger partial charge in [0.2, 0.25) is 0 Å². The molecule has 0 bridgehead atoms. The van der Waals surface area contributed by atoms with Crippen LogP contribution >= 0.6 is 0 Å². The molecule has 0 N–H and O–H groups in total. The summed E-state index contributed by atoms with van der Waals surface area (Å²) in [6.07, 6.45) is 63.3. The number of rotatable bonds is 52. The van der Waals surface area contributed by atoms with Crippen LogP contribution in [0.15, 0.2) is 24.3 Å². The van der Waals surface area contributed by atoms with Gasteiger partial charge in [0.15, 0.2) is 6.10 Å². The molecule has 0 aromatic heterocycles. The van der Waals surface area contributed by atoms with Crippen molar-refractivity contribution in [2.45, 2.75) is 309 Å². The molecule has 5 heteroatoms. The highest BCUT2D eigenvalue weighted by Gasteiger charge is 2.17. The molecule has 0 aromatic carbocycles. The number of hydrogen-bond acceptors (Lipinski definition) is 5. The Hall–Kier alpha value is -1.62. The zero-order valence-corrected chi connectivity index (χ0v) is 42.2. The molecule has 0 saturated heterocycles. The van der Waals surface area contributed by atoms with Crippen LogP contribution in [0.2, 0.25) is 0 Å². The first kappa shape index (κ1) is 60.4. The monoisotopic (exact) mass is 873 g/mol. The largest absolute Gasteiger partial charge is 0.462 e. The third-order valence-electron chi connectivity index (χ3n) is 12.5. The van der Waals surface area contributed by atoms with Gasteiger partial charge < -0.3 is 14.2 Å². The first-order chi connectivity index (χ1) is 30.6. The van der Waals surface area contributed by atoms with Crippen molar-refractivity contribution in [2.24, 2.45) is 0 Å². The number of ether oxygens (including phenoxy) is 3. The molecular formula is C57H108O5. The molecule has 62 heavy (non-hydrogen) atoms. The number of unbranched alkanes of at least 4 members (excludes halogenated alkanes) is 37. The molecular weight excluding hydrogens is 765 g/mol. The van der Waals surface area contributed by atoms with Gasteiger partial charge in [-0.05, 0) is 51.4 Å². The molecule has 0 rings (SSSR count). The molecule has 0 amide bonds. The Kier molecular flexibility index (Phi) is 52.3. The highest BCUT2D eigenvalue weighted by atomic mass is 16.6. The SMILES string of the molecule is CCCCC/C=C\C/C=C\CCCCCCCCCCCC(=O)OC[C@@H](COCCCCCCCCCCCCCCCCCC)OC(=O)CCCCCCCCCCCCC. The van der Waals surface area contributed by atoms with Gasteiger partial charge in [-0.25, -0.2) is 0 Å². The number of carbonyl (C=O) groups excluding carboxylic acids is 2. The molecule has 0 radical (unpaired) electrons. The van der Waals surface area contributed by atoms with Gasteiger partial charge in [0.05, 0.1) is 6.61 Å². The normalized spacial score (nSPS) is 12.2. The second-order valence-electron chi connectivity index (χ2n) is 18.9. The minimum atomic E-state index is -0.529. The van der Waals surface area contributed by atoms with Crippen molar-refractivity contribution >= 4 is 11.9 Å². The highest BCUT2D eigenvalue weighted by Crippen LogP contribution is 2.16. The third-order valence-corrected chi connectivity index (χ3v) is 12.5. The summed E-state index contributed by atoms with van der Waals surface area (Å²) in [6.45, 7) is 7.86. The van der Waals surface area contributed by atoms with Crippen LogP contribution in [0.25, 0.3) is 0 Å². The van der Waals surface area contributed by atoms with Crippen LogP contribution < -0.4 is 0 Å². The number of carbonyl (C=O) groups is 2. The van der Waals surface area contributed by atoms with Gasteiger partial charge in [0, 0.05) is 19.4 Å². The predicted molar refractivity (Wildman–Crippen MR) is 270 cm³/mol. The molecule has 0 aromatic rings. The molecule has 0 spiro atoms. The number of allylic oxidation sites excluding steroid dienone is 4. The minimum Gasteiger partial charge on any atom is -0.462 e. The molecule has 1 atom stereocenters. The molecule has 0 heterocycles. The first-order valence-electron chi connectivity index (χ1n) is 27.9. The van der Waals surface area contributed by atoms with Crippen molar-refractivity contribution in [2.75, 3.05) is 19.8 Å². The molecule has 0 saturated carbocycles. The maximum absolute atomic E-state index is 12.8. The number of esters is 2.